The fraction of sp³-hybridized carbons (Fsp3) is 0.103. The molecule has 6 aromatic carbocycles. The van der Waals surface area contributed by atoms with Crippen molar-refractivity contribution in [3.63, 3.8) is 0 Å². The lowest BCUT2D eigenvalue weighted by molar-refractivity contribution is 0.765. The number of hydrogen-bond acceptors (Lipinski definition) is 8. The third-order valence-electron chi connectivity index (χ3n) is 8.12. The van der Waals surface area contributed by atoms with Crippen molar-refractivity contribution >= 4 is 72.1 Å². The Balaban J connectivity index is 1.20. The fourth-order valence-corrected chi connectivity index (χ4v) is 5.49. The minimum absolute atomic E-state index is 0.375. The van der Waals surface area contributed by atoms with Crippen molar-refractivity contribution in [2.45, 2.75) is 26.3 Å². The minimum Gasteiger partial charge on any atom is -0.382 e. The van der Waals surface area contributed by atoms with Gasteiger partial charge in [0.2, 0.25) is 0 Å². The molecule has 0 fully saturated rings. The van der Waals surface area contributed by atoms with Gasteiger partial charge in [-0.1, -0.05) is 79.7 Å². The summed E-state index contributed by atoms with van der Waals surface area (Å²) >= 11 is 0. The molecule has 0 saturated carbocycles. The Kier molecular flexibility index (Phi) is 8.46. The Hall–Kier alpha value is -6.15. The molecule has 1 atom stereocenters. The van der Waals surface area contributed by atoms with Crippen molar-refractivity contribution in [1.29, 1.82) is 0 Å². The molecule has 0 spiro atoms. The smallest absolute Gasteiger partial charge is 0.104 e. The molecule has 8 heteroatoms. The largest absolute Gasteiger partial charge is 0.382 e. The molecule has 0 aliphatic rings. The quantitative estimate of drug-likeness (QED) is 0.164. The summed E-state index contributed by atoms with van der Waals surface area (Å²) in [7, 11) is 0. The first-order valence-electron chi connectivity index (χ1n) is 15.6. The van der Waals surface area contributed by atoms with Gasteiger partial charge in [0.25, 0.3) is 0 Å². The lowest BCUT2D eigenvalue weighted by atomic mass is 10.1. The van der Waals surface area contributed by atoms with Gasteiger partial charge in [-0.25, -0.2) is 0 Å². The van der Waals surface area contributed by atoms with Crippen molar-refractivity contribution in [1.82, 2.24) is 4.98 Å². The Labute approximate surface area is 272 Å². The molecule has 7 rings (SSSR count). The van der Waals surface area contributed by atoms with Crippen LogP contribution in [0.1, 0.15) is 20.3 Å². The second-order valence-electron chi connectivity index (χ2n) is 11.2. The number of benzene rings is 6. The minimum atomic E-state index is 0.375. The highest BCUT2D eigenvalue weighted by Gasteiger charge is 2.10. The summed E-state index contributed by atoms with van der Waals surface area (Å²) in [5, 5.41) is 37.2. The molecule has 228 valence electrons. The number of fused-ring (bicyclic) bond motifs is 3. The molecule has 0 saturated heterocycles. The molecular formula is C39H32N8. The molecule has 0 aliphatic heterocycles. The standard InChI is InChI=1S/C39H32N8/c1-3-26(2)41-34-18-19-36(29-13-5-4-12-28(29)34)44-45-38-22-23-39(33-17-9-8-16-32(33)38)47-46-37-21-20-35(30-14-6-7-15-31(30)37)43-42-27-11-10-24-40-25-27/h4-26,41H,3H2,1-2H3/b43-42+,45-44+,47-46+. The van der Waals surface area contributed by atoms with Crippen LogP contribution in [-0.4, -0.2) is 11.0 Å². The van der Waals surface area contributed by atoms with E-state index >= 15 is 0 Å². The van der Waals surface area contributed by atoms with Gasteiger partial charge in [-0.05, 0) is 61.9 Å². The van der Waals surface area contributed by atoms with E-state index in [1.807, 2.05) is 97.1 Å². The summed E-state index contributed by atoms with van der Waals surface area (Å²) in [6, 6.07) is 40.3. The first-order chi connectivity index (χ1) is 23.2. The number of nitrogens with one attached hydrogen (secondary N) is 1. The molecule has 47 heavy (non-hydrogen) atoms. The van der Waals surface area contributed by atoms with Crippen LogP contribution in [0, 0.1) is 0 Å². The van der Waals surface area contributed by atoms with Crippen LogP contribution in [0.4, 0.5) is 39.8 Å². The van der Waals surface area contributed by atoms with Gasteiger partial charge in [0.1, 0.15) is 5.69 Å². The van der Waals surface area contributed by atoms with Gasteiger partial charge in [0.15, 0.2) is 0 Å². The van der Waals surface area contributed by atoms with E-state index in [0.717, 1.165) is 72.9 Å². The summed E-state index contributed by atoms with van der Waals surface area (Å²) < 4.78 is 0. The molecule has 8 nitrogen and oxygen atoms in total. The average Bonchev–Trinajstić information content (AvgIpc) is 3.13. The lowest BCUT2D eigenvalue weighted by Crippen LogP contribution is -2.13. The molecule has 1 N–H and O–H groups in total. The molecule has 0 bridgehead atoms. The second-order valence-corrected chi connectivity index (χ2v) is 11.2. The lowest BCUT2D eigenvalue weighted by Gasteiger charge is -2.15. The predicted molar refractivity (Wildman–Crippen MR) is 192 cm³/mol. The summed E-state index contributed by atoms with van der Waals surface area (Å²) in [6.45, 7) is 4.37. The van der Waals surface area contributed by atoms with Crippen LogP contribution in [0.5, 0.6) is 0 Å². The van der Waals surface area contributed by atoms with Crippen LogP contribution in [-0.2, 0) is 0 Å². The van der Waals surface area contributed by atoms with Crippen LogP contribution in [0.25, 0.3) is 32.3 Å². The van der Waals surface area contributed by atoms with E-state index in [0.29, 0.717) is 11.7 Å². The van der Waals surface area contributed by atoms with E-state index in [2.05, 4.69) is 63.8 Å². The number of nitrogens with zero attached hydrogens (tertiary/aromatic N) is 7. The highest BCUT2D eigenvalue weighted by Crippen LogP contribution is 2.39. The van der Waals surface area contributed by atoms with Crippen molar-refractivity contribution in [3.8, 4) is 0 Å². The van der Waals surface area contributed by atoms with E-state index in [-0.39, 0.29) is 0 Å². The number of rotatable bonds is 9. The van der Waals surface area contributed by atoms with E-state index in [9.17, 15) is 0 Å². The highest BCUT2D eigenvalue weighted by atomic mass is 15.1. The molecule has 0 amide bonds. The van der Waals surface area contributed by atoms with Crippen molar-refractivity contribution in [2.24, 2.45) is 30.7 Å². The van der Waals surface area contributed by atoms with Gasteiger partial charge < -0.3 is 5.32 Å². The molecule has 1 heterocycles. The van der Waals surface area contributed by atoms with Gasteiger partial charge in [0, 0.05) is 50.2 Å². The monoisotopic (exact) mass is 612 g/mol. The van der Waals surface area contributed by atoms with E-state index in [1.165, 1.54) is 0 Å². The Morgan fingerprint density at radius 3 is 1.32 bits per heavy atom. The third kappa shape index (κ3) is 6.35. The Morgan fingerprint density at radius 1 is 0.489 bits per heavy atom. The normalized spacial score (nSPS) is 12.6. The van der Waals surface area contributed by atoms with Gasteiger partial charge in [-0.3, -0.25) is 4.98 Å². The zero-order valence-corrected chi connectivity index (χ0v) is 26.1. The summed E-state index contributed by atoms with van der Waals surface area (Å²) in [5.74, 6) is 0. The van der Waals surface area contributed by atoms with E-state index in [1.54, 1.807) is 12.4 Å². The number of anilines is 1. The molecule has 1 unspecified atom stereocenters. The topological polar surface area (TPSA) is 99.1 Å². The zero-order valence-electron chi connectivity index (χ0n) is 26.1. The summed E-state index contributed by atoms with van der Waals surface area (Å²) in [4.78, 5) is 4.11. The molecular weight excluding hydrogens is 580 g/mol. The van der Waals surface area contributed by atoms with Crippen LogP contribution in [0.3, 0.4) is 0 Å². The number of pyridine rings is 1. The van der Waals surface area contributed by atoms with E-state index in [4.69, 9.17) is 15.3 Å². The zero-order chi connectivity index (χ0) is 32.0. The SMILES string of the molecule is CCC(C)Nc1ccc(/N=N/c2ccc(/N=N/c3ccc(/N=N/c4cccnc4)c4ccccc34)c3ccccc23)c2ccccc12. The molecule has 7 aromatic rings. The average molecular weight is 613 g/mol. The number of hydrogen-bond donors (Lipinski definition) is 1. The Bertz CT molecular complexity index is 2290. The number of aromatic nitrogens is 1. The summed E-state index contributed by atoms with van der Waals surface area (Å²) in [6.07, 6.45) is 4.43. The number of azo groups is 3. The fourth-order valence-electron chi connectivity index (χ4n) is 5.49. The van der Waals surface area contributed by atoms with Crippen LogP contribution in [0.15, 0.2) is 164 Å². The van der Waals surface area contributed by atoms with Crippen molar-refractivity contribution in [2.75, 3.05) is 5.32 Å². The highest BCUT2D eigenvalue weighted by molar-refractivity contribution is 6.02. The first kappa shape index (κ1) is 29.6. The molecule has 1 aromatic heterocycles. The maximum absolute atomic E-state index is 4.72. The van der Waals surface area contributed by atoms with Crippen LogP contribution >= 0.6 is 0 Å². The third-order valence-corrected chi connectivity index (χ3v) is 8.12. The Morgan fingerprint density at radius 2 is 0.894 bits per heavy atom. The van der Waals surface area contributed by atoms with Crippen LogP contribution < -0.4 is 5.32 Å². The van der Waals surface area contributed by atoms with Crippen molar-refractivity contribution in [3.05, 3.63) is 134 Å². The maximum Gasteiger partial charge on any atom is 0.104 e. The molecule has 0 aliphatic carbocycles. The second kappa shape index (κ2) is 13.5. The molecule has 0 radical (unpaired) electrons. The maximum atomic E-state index is 4.72. The van der Waals surface area contributed by atoms with Gasteiger partial charge in [-0.2, -0.15) is 0 Å². The van der Waals surface area contributed by atoms with Gasteiger partial charge in [0.05, 0.1) is 34.6 Å². The van der Waals surface area contributed by atoms with E-state index < -0.39 is 0 Å². The van der Waals surface area contributed by atoms with Gasteiger partial charge in [-0.15, -0.1) is 30.7 Å². The predicted octanol–water partition coefficient (Wildman–Crippen LogP) is 13.0. The van der Waals surface area contributed by atoms with Gasteiger partial charge >= 0.3 is 0 Å². The van der Waals surface area contributed by atoms with Crippen LogP contribution in [0.2, 0.25) is 0 Å². The first-order valence-corrected chi connectivity index (χ1v) is 15.6. The summed E-state index contributed by atoms with van der Waals surface area (Å²) in [5.41, 5.74) is 5.61. The van der Waals surface area contributed by atoms with Crippen molar-refractivity contribution < 1.29 is 0 Å².